The summed E-state index contributed by atoms with van der Waals surface area (Å²) >= 11 is 0. The molecule has 0 N–H and O–H groups in total. The molecule has 2 atom stereocenters. The van der Waals surface area contributed by atoms with Crippen LogP contribution in [0.5, 0.6) is 0 Å². The number of likely N-dealkylation sites (N-methyl/N-ethyl adjacent to an activating group) is 1. The van der Waals surface area contributed by atoms with Crippen molar-refractivity contribution in [2.75, 3.05) is 27.2 Å². The monoisotopic (exact) mass is 740 g/mol. The van der Waals surface area contributed by atoms with Crippen LogP contribution in [0, 0.1) is 17.8 Å². The molecule has 0 amide bonds. The van der Waals surface area contributed by atoms with Crippen LogP contribution >= 0.6 is 0 Å². The van der Waals surface area contributed by atoms with E-state index in [4.69, 9.17) is 4.74 Å². The van der Waals surface area contributed by atoms with E-state index in [1.807, 2.05) is 6.08 Å². The highest BCUT2D eigenvalue weighted by Gasteiger charge is 2.29. The van der Waals surface area contributed by atoms with Gasteiger partial charge in [-0.05, 0) is 83.7 Å². The summed E-state index contributed by atoms with van der Waals surface area (Å²) < 4.78 is 5.79. The van der Waals surface area contributed by atoms with E-state index in [9.17, 15) is 14.4 Å². The Balaban J connectivity index is 1.82. The van der Waals surface area contributed by atoms with Gasteiger partial charge in [-0.1, -0.05) is 164 Å². The van der Waals surface area contributed by atoms with Crippen molar-refractivity contribution >= 4 is 17.5 Å². The van der Waals surface area contributed by atoms with Crippen LogP contribution in [0.1, 0.15) is 158 Å². The molecule has 0 spiro atoms. The van der Waals surface area contributed by atoms with Crippen molar-refractivity contribution in [3.8, 4) is 0 Å². The molecule has 2 rings (SSSR count). The van der Waals surface area contributed by atoms with Gasteiger partial charge in [0.2, 0.25) is 0 Å². The number of allylic oxidation sites excluding steroid dienone is 10. The first-order valence-corrected chi connectivity index (χ1v) is 21.0. The number of hydrogen-bond donors (Lipinski definition) is 0. The average Bonchev–Trinajstić information content (AvgIpc) is 3.14. The molecule has 0 radical (unpaired) electrons. The second-order valence-corrected chi connectivity index (χ2v) is 16.1. The second-order valence-electron chi connectivity index (χ2n) is 16.1. The smallest absolute Gasteiger partial charge is 0.333 e. The zero-order chi connectivity index (χ0) is 39.6. The summed E-state index contributed by atoms with van der Waals surface area (Å²) in [5.41, 5.74) is 2.48. The molecule has 0 bridgehead atoms. The highest BCUT2D eigenvalue weighted by molar-refractivity contribution is 6.26. The number of unbranched alkanes of at least 4 members (excludes halogenated alkanes) is 4. The molecule has 1 aromatic rings. The average molecular weight is 740 g/mol. The van der Waals surface area contributed by atoms with Gasteiger partial charge in [0.1, 0.15) is 0 Å². The third kappa shape index (κ3) is 19.7. The summed E-state index contributed by atoms with van der Waals surface area (Å²) in [5, 5.41) is 0. The molecular weight excluding hydrogens is 667 g/mol. The Morgan fingerprint density at radius 2 is 1.31 bits per heavy atom. The Kier molecular flexibility index (Phi) is 24.1. The van der Waals surface area contributed by atoms with E-state index in [-0.39, 0.29) is 24.0 Å². The van der Waals surface area contributed by atoms with Crippen molar-refractivity contribution in [2.45, 2.75) is 137 Å². The summed E-state index contributed by atoms with van der Waals surface area (Å²) in [7, 11) is 4.12. The van der Waals surface area contributed by atoms with Gasteiger partial charge in [-0.2, -0.15) is 0 Å². The lowest BCUT2D eigenvalue weighted by molar-refractivity contribution is -0.139. The number of carbonyl (C=O) groups is 3. The molecular formula is C49H73NO4. The SMILES string of the molecule is CC1=C(C/C=C(\CCCC(C)CCCC(C)CCCC(C)C)C(=O)OCCCCCC/C=C\C\C=C/C=C\C=C\CN(C)C)C(=O)c2ccccc2C1=O. The van der Waals surface area contributed by atoms with Crippen molar-refractivity contribution in [3.63, 3.8) is 0 Å². The van der Waals surface area contributed by atoms with Gasteiger partial charge < -0.3 is 9.64 Å². The van der Waals surface area contributed by atoms with Crippen molar-refractivity contribution in [1.82, 2.24) is 4.90 Å². The van der Waals surface area contributed by atoms with Crippen LogP contribution in [0.4, 0.5) is 0 Å². The molecule has 2 unspecified atom stereocenters. The number of rotatable bonds is 28. The predicted octanol–water partition coefficient (Wildman–Crippen LogP) is 12.8. The van der Waals surface area contributed by atoms with Crippen molar-refractivity contribution in [1.29, 1.82) is 0 Å². The minimum Gasteiger partial charge on any atom is -0.462 e. The zero-order valence-electron chi connectivity index (χ0n) is 35.0. The van der Waals surface area contributed by atoms with Crippen LogP contribution in [-0.4, -0.2) is 49.7 Å². The number of fused-ring (bicyclic) bond motifs is 1. The van der Waals surface area contributed by atoms with Gasteiger partial charge in [-0.15, -0.1) is 0 Å². The van der Waals surface area contributed by atoms with Gasteiger partial charge in [-0.25, -0.2) is 4.79 Å². The summed E-state index contributed by atoms with van der Waals surface area (Å²) in [4.78, 5) is 42.0. The Hall–Kier alpha value is -3.57. The first-order valence-electron chi connectivity index (χ1n) is 21.0. The fourth-order valence-corrected chi connectivity index (χ4v) is 6.83. The van der Waals surface area contributed by atoms with Gasteiger partial charge in [0.15, 0.2) is 11.6 Å². The van der Waals surface area contributed by atoms with E-state index in [1.54, 1.807) is 31.2 Å². The molecule has 1 aliphatic rings. The Morgan fingerprint density at radius 1 is 0.704 bits per heavy atom. The summed E-state index contributed by atoms with van der Waals surface area (Å²) in [6.45, 7) is 12.4. The number of hydrogen-bond acceptors (Lipinski definition) is 5. The number of benzene rings is 1. The summed E-state index contributed by atoms with van der Waals surface area (Å²) in [6, 6.07) is 7.01. The number of esters is 1. The molecule has 0 heterocycles. The van der Waals surface area contributed by atoms with Crippen molar-refractivity contribution < 1.29 is 19.1 Å². The standard InChI is InChI=1S/C49H73NO4/c1-39(2)27-24-28-40(3)29-25-30-41(4)31-26-32-43(35-36-44-42(5)47(51)45-33-20-21-34-46(45)48(44)52)49(53)54-38-23-19-17-15-13-11-9-8-10-12-14-16-18-22-37-50(6)7/h9-12,14,16,18,20-22,33-35,39-41H,8,13,15,17,19,23-32,36-38H2,1-7H3/b11-9-,12-10-,16-14-,22-18+,43-35+. The maximum Gasteiger partial charge on any atom is 0.333 e. The molecule has 0 aromatic heterocycles. The first-order chi connectivity index (χ1) is 26.0. The molecule has 54 heavy (non-hydrogen) atoms. The summed E-state index contributed by atoms with van der Waals surface area (Å²) in [5.74, 6) is 1.64. The van der Waals surface area contributed by atoms with Gasteiger partial charge >= 0.3 is 5.97 Å². The van der Waals surface area contributed by atoms with Crippen LogP contribution in [0.25, 0.3) is 0 Å². The van der Waals surface area contributed by atoms with E-state index >= 15 is 0 Å². The molecule has 298 valence electrons. The minimum atomic E-state index is -0.290. The topological polar surface area (TPSA) is 63.7 Å². The normalized spacial score (nSPS) is 15.2. The van der Waals surface area contributed by atoms with Crippen LogP contribution < -0.4 is 0 Å². The van der Waals surface area contributed by atoms with E-state index in [0.717, 1.165) is 69.7 Å². The number of Topliss-reactive ketones (excluding diaryl/α,β-unsaturated/α-hetero) is 2. The van der Waals surface area contributed by atoms with E-state index in [0.29, 0.717) is 46.8 Å². The fourth-order valence-electron chi connectivity index (χ4n) is 6.83. The molecule has 1 aromatic carbocycles. The molecule has 0 fully saturated rings. The molecule has 1 aliphatic carbocycles. The van der Waals surface area contributed by atoms with E-state index in [2.05, 4.69) is 95.3 Å². The maximum absolute atomic E-state index is 13.4. The third-order valence-electron chi connectivity index (χ3n) is 10.3. The number of ether oxygens (including phenoxy) is 1. The lowest BCUT2D eigenvalue weighted by Crippen LogP contribution is -2.20. The van der Waals surface area contributed by atoms with Gasteiger partial charge in [-0.3, -0.25) is 9.59 Å². The maximum atomic E-state index is 13.4. The van der Waals surface area contributed by atoms with E-state index < -0.39 is 0 Å². The zero-order valence-corrected chi connectivity index (χ0v) is 35.0. The van der Waals surface area contributed by atoms with E-state index in [1.165, 1.54) is 38.5 Å². The predicted molar refractivity (Wildman–Crippen MR) is 229 cm³/mol. The number of ketones is 2. The fraction of sp³-hybridized carbons (Fsp3) is 0.571. The molecule has 5 heteroatoms. The lowest BCUT2D eigenvalue weighted by Gasteiger charge is -2.18. The highest BCUT2D eigenvalue weighted by atomic mass is 16.5. The molecule has 0 saturated carbocycles. The first kappa shape index (κ1) is 46.6. The number of nitrogens with zero attached hydrogens (tertiary/aromatic N) is 1. The Bertz CT molecular complexity index is 1450. The van der Waals surface area contributed by atoms with Gasteiger partial charge in [0.05, 0.1) is 6.61 Å². The lowest BCUT2D eigenvalue weighted by atomic mass is 9.83. The van der Waals surface area contributed by atoms with Gasteiger partial charge in [0, 0.05) is 34.4 Å². The Labute approximate surface area is 329 Å². The van der Waals surface area contributed by atoms with Crippen LogP contribution in [-0.2, 0) is 9.53 Å². The van der Waals surface area contributed by atoms with Crippen LogP contribution in [0.2, 0.25) is 0 Å². The quantitative estimate of drug-likeness (QED) is 0.0281. The van der Waals surface area contributed by atoms with Crippen molar-refractivity contribution in [2.24, 2.45) is 17.8 Å². The van der Waals surface area contributed by atoms with Gasteiger partial charge in [0.25, 0.3) is 0 Å². The van der Waals surface area contributed by atoms with Crippen LogP contribution in [0.15, 0.2) is 95.7 Å². The Morgan fingerprint density at radius 3 is 1.98 bits per heavy atom. The minimum absolute atomic E-state index is 0.111. The largest absolute Gasteiger partial charge is 0.462 e. The van der Waals surface area contributed by atoms with Crippen LogP contribution in [0.3, 0.4) is 0 Å². The number of carbonyl (C=O) groups excluding carboxylic acids is 3. The third-order valence-corrected chi connectivity index (χ3v) is 10.3. The second kappa shape index (κ2) is 27.9. The van der Waals surface area contributed by atoms with Crippen molar-refractivity contribution in [3.05, 3.63) is 107 Å². The molecule has 0 saturated heterocycles. The summed E-state index contributed by atoms with van der Waals surface area (Å²) in [6.07, 6.45) is 35.5. The molecule has 0 aliphatic heterocycles. The highest BCUT2D eigenvalue weighted by Crippen LogP contribution is 2.29. The molecule has 5 nitrogen and oxygen atoms in total.